The van der Waals surface area contributed by atoms with E-state index >= 15 is 0 Å². The summed E-state index contributed by atoms with van der Waals surface area (Å²) in [7, 11) is 0. The number of hydrogen-bond acceptors (Lipinski definition) is 5. The third kappa shape index (κ3) is 4.58. The molecule has 1 atom stereocenters. The van der Waals surface area contributed by atoms with E-state index in [1.165, 1.54) is 25.1 Å². The number of nitrogens with one attached hydrogen (secondary N) is 1. The van der Waals surface area contributed by atoms with Crippen molar-refractivity contribution in [1.29, 1.82) is 0 Å². The van der Waals surface area contributed by atoms with Gasteiger partial charge in [-0.1, -0.05) is 39.1 Å². The van der Waals surface area contributed by atoms with Crippen LogP contribution in [0.2, 0.25) is 10.0 Å². The Kier molecular flexibility index (Phi) is 6.71. The van der Waals surface area contributed by atoms with Crippen LogP contribution in [0.25, 0.3) is 0 Å². The minimum absolute atomic E-state index is 0.205. The first-order valence-corrected chi connectivity index (χ1v) is 9.54. The largest absolute Gasteiger partial charge is 0.456 e. The molecular weight excluding hydrogens is 449 g/mol. The lowest BCUT2D eigenvalue weighted by molar-refractivity contribution is -0.142. The van der Waals surface area contributed by atoms with Crippen LogP contribution in [0.1, 0.15) is 32.3 Å². The highest BCUT2D eigenvalue weighted by molar-refractivity contribution is 9.09. The van der Waals surface area contributed by atoms with Crippen molar-refractivity contribution < 1.29 is 23.9 Å². The number of halogens is 3. The summed E-state index contributed by atoms with van der Waals surface area (Å²) in [6.07, 6.45) is 0.802. The monoisotopic (exact) mass is 463 g/mol. The molecule has 1 amide bonds. The topological polar surface area (TPSA) is 81.7 Å². The molecule has 0 bridgehead atoms. The first-order valence-electron chi connectivity index (χ1n) is 7.66. The van der Waals surface area contributed by atoms with Gasteiger partial charge in [0.1, 0.15) is 0 Å². The van der Waals surface area contributed by atoms with E-state index in [0.29, 0.717) is 27.4 Å². The van der Waals surface area contributed by atoms with Gasteiger partial charge in [0, 0.05) is 34.3 Å². The molecule has 1 aromatic carbocycles. The van der Waals surface area contributed by atoms with Crippen LogP contribution in [0.15, 0.2) is 29.8 Å². The van der Waals surface area contributed by atoms with Crippen LogP contribution in [-0.4, -0.2) is 23.0 Å². The van der Waals surface area contributed by atoms with Gasteiger partial charge >= 0.3 is 5.97 Å². The predicted octanol–water partition coefficient (Wildman–Crippen LogP) is 3.83. The lowest BCUT2D eigenvalue weighted by atomic mass is 9.91. The zero-order valence-corrected chi connectivity index (χ0v) is 17.1. The number of esters is 1. The maximum Gasteiger partial charge on any atom is 0.308 e. The SMILES string of the molecule is CC(=O)OC1=C(NC(=O)CCCBr)OC(C)(c2cc(Cl)cc(Cl)c2)C1=O. The minimum Gasteiger partial charge on any atom is -0.456 e. The molecule has 0 spiro atoms. The van der Waals surface area contributed by atoms with Gasteiger partial charge in [0.05, 0.1) is 0 Å². The molecule has 9 heteroatoms. The van der Waals surface area contributed by atoms with E-state index in [4.69, 9.17) is 32.7 Å². The molecule has 1 N–H and O–H groups in total. The highest BCUT2D eigenvalue weighted by Crippen LogP contribution is 2.40. The molecule has 0 saturated heterocycles. The van der Waals surface area contributed by atoms with Crippen LogP contribution in [0, 0.1) is 0 Å². The van der Waals surface area contributed by atoms with Crippen molar-refractivity contribution in [1.82, 2.24) is 5.32 Å². The molecule has 1 aromatic rings. The molecule has 6 nitrogen and oxygen atoms in total. The first kappa shape index (κ1) is 20.7. The second kappa shape index (κ2) is 8.41. The van der Waals surface area contributed by atoms with Crippen LogP contribution in [0.4, 0.5) is 0 Å². The number of ether oxygens (including phenoxy) is 2. The molecule has 0 radical (unpaired) electrons. The highest BCUT2D eigenvalue weighted by atomic mass is 79.9. The van der Waals surface area contributed by atoms with Crippen molar-refractivity contribution in [2.24, 2.45) is 0 Å². The van der Waals surface area contributed by atoms with Gasteiger partial charge in [0.15, 0.2) is 5.60 Å². The number of carbonyl (C=O) groups excluding carboxylic acids is 3. The van der Waals surface area contributed by atoms with Crippen molar-refractivity contribution in [3.63, 3.8) is 0 Å². The molecule has 1 heterocycles. The smallest absolute Gasteiger partial charge is 0.308 e. The van der Waals surface area contributed by atoms with Crippen LogP contribution in [0.3, 0.4) is 0 Å². The maximum atomic E-state index is 12.9. The number of carbonyl (C=O) groups is 3. The minimum atomic E-state index is -1.54. The summed E-state index contributed by atoms with van der Waals surface area (Å²) in [6, 6.07) is 4.55. The molecule has 0 fully saturated rings. The lowest BCUT2D eigenvalue weighted by Gasteiger charge is -2.24. The molecule has 140 valence electrons. The molecule has 1 aliphatic heterocycles. The number of alkyl halides is 1. The van der Waals surface area contributed by atoms with Gasteiger partial charge in [-0.15, -0.1) is 0 Å². The molecular formula is C17H16BrCl2NO5. The van der Waals surface area contributed by atoms with Gasteiger partial charge < -0.3 is 9.47 Å². The Balaban J connectivity index is 2.38. The number of amides is 1. The standard InChI is InChI=1S/C17H16BrCl2NO5/c1-9(22)25-14-15(24)17(2,10-6-11(19)8-12(20)7-10)26-16(14)21-13(23)4-3-5-18/h6-8H,3-5H2,1-2H3,(H,21,23). The Morgan fingerprint density at radius 2 is 1.88 bits per heavy atom. The highest BCUT2D eigenvalue weighted by Gasteiger charge is 2.50. The van der Waals surface area contributed by atoms with E-state index in [1.807, 2.05) is 0 Å². The van der Waals surface area contributed by atoms with Gasteiger partial charge in [0.2, 0.25) is 17.5 Å². The van der Waals surface area contributed by atoms with Crippen molar-refractivity contribution >= 4 is 56.8 Å². The Morgan fingerprint density at radius 3 is 2.42 bits per heavy atom. The molecule has 2 rings (SSSR count). The molecule has 0 aliphatic carbocycles. The van der Waals surface area contributed by atoms with Gasteiger partial charge in [-0.2, -0.15) is 0 Å². The van der Waals surface area contributed by atoms with Crippen LogP contribution in [-0.2, 0) is 29.5 Å². The Morgan fingerprint density at radius 1 is 1.27 bits per heavy atom. The number of ketones is 1. The number of hydrogen-bond donors (Lipinski definition) is 1. The third-order valence-corrected chi connectivity index (χ3v) is 4.60. The average molecular weight is 465 g/mol. The van der Waals surface area contributed by atoms with Crippen molar-refractivity contribution in [2.75, 3.05) is 5.33 Å². The second-order valence-corrected chi connectivity index (χ2v) is 7.38. The predicted molar refractivity (Wildman–Crippen MR) is 99.9 cm³/mol. The average Bonchev–Trinajstić information content (AvgIpc) is 2.77. The maximum absolute atomic E-state index is 12.9. The van der Waals surface area contributed by atoms with Gasteiger partial charge in [0.25, 0.3) is 5.78 Å². The number of Topliss-reactive ketones (excluding diaryl/α,β-unsaturated/α-hetero) is 1. The number of benzene rings is 1. The van der Waals surface area contributed by atoms with Crippen molar-refractivity contribution in [3.05, 3.63) is 45.5 Å². The molecule has 1 unspecified atom stereocenters. The summed E-state index contributed by atoms with van der Waals surface area (Å²) >= 11 is 15.3. The fourth-order valence-electron chi connectivity index (χ4n) is 2.37. The summed E-state index contributed by atoms with van der Waals surface area (Å²) in [5.41, 5.74) is -1.17. The Bertz CT molecular complexity index is 775. The fraction of sp³-hybridized carbons (Fsp3) is 0.353. The van der Waals surface area contributed by atoms with E-state index in [0.717, 1.165) is 6.92 Å². The zero-order chi connectivity index (χ0) is 19.5. The fourth-order valence-corrected chi connectivity index (χ4v) is 3.18. The van der Waals surface area contributed by atoms with Crippen LogP contribution < -0.4 is 5.32 Å². The van der Waals surface area contributed by atoms with E-state index in [2.05, 4.69) is 21.2 Å². The molecule has 1 aliphatic rings. The van der Waals surface area contributed by atoms with E-state index in [-0.39, 0.29) is 24.0 Å². The number of rotatable bonds is 6. The quantitative estimate of drug-likeness (QED) is 0.511. The second-order valence-electron chi connectivity index (χ2n) is 5.72. The van der Waals surface area contributed by atoms with Gasteiger partial charge in [-0.3, -0.25) is 19.7 Å². The summed E-state index contributed by atoms with van der Waals surface area (Å²) in [4.78, 5) is 36.3. The lowest BCUT2D eigenvalue weighted by Crippen LogP contribution is -2.32. The van der Waals surface area contributed by atoms with E-state index in [1.54, 1.807) is 0 Å². The molecule has 26 heavy (non-hydrogen) atoms. The normalized spacial score (nSPS) is 19.3. The van der Waals surface area contributed by atoms with Crippen molar-refractivity contribution in [3.8, 4) is 0 Å². The summed E-state index contributed by atoms with van der Waals surface area (Å²) in [6.45, 7) is 2.63. The summed E-state index contributed by atoms with van der Waals surface area (Å²) < 4.78 is 10.7. The van der Waals surface area contributed by atoms with Crippen LogP contribution in [0.5, 0.6) is 0 Å². The van der Waals surface area contributed by atoms with E-state index in [9.17, 15) is 14.4 Å². The van der Waals surface area contributed by atoms with Crippen molar-refractivity contribution in [2.45, 2.75) is 32.3 Å². The summed E-state index contributed by atoms with van der Waals surface area (Å²) in [5, 5.41) is 3.76. The van der Waals surface area contributed by atoms with Gasteiger partial charge in [-0.25, -0.2) is 0 Å². The van der Waals surface area contributed by atoms with Gasteiger partial charge in [-0.05, 0) is 31.5 Å². The van der Waals surface area contributed by atoms with Crippen LogP contribution >= 0.6 is 39.1 Å². The third-order valence-electron chi connectivity index (χ3n) is 3.60. The zero-order valence-electron chi connectivity index (χ0n) is 14.0. The Hall–Kier alpha value is -1.57. The first-order chi connectivity index (χ1) is 12.2. The van der Waals surface area contributed by atoms with E-state index < -0.39 is 17.4 Å². The molecule has 0 aromatic heterocycles. The molecule has 0 saturated carbocycles. The Labute approximate surface area is 168 Å². The summed E-state index contributed by atoms with van der Waals surface area (Å²) in [5.74, 6) is -2.27.